The molecule has 0 aromatic heterocycles. The normalized spacial score (nSPS) is 10.0. The molecule has 0 radical (unpaired) electrons. The third-order valence-corrected chi connectivity index (χ3v) is 2.46. The Morgan fingerprint density at radius 3 is 2.71 bits per heavy atom. The Morgan fingerprint density at radius 2 is 2.29 bits per heavy atom. The fraction of sp³-hybridized carbons (Fsp3) is 0.222. The minimum absolute atomic E-state index is 0.0377. The van der Waals surface area contributed by atoms with Crippen LogP contribution in [-0.2, 0) is 0 Å². The predicted molar refractivity (Wildman–Crippen MR) is 56.1 cm³/mol. The van der Waals surface area contributed by atoms with Gasteiger partial charge in [-0.25, -0.2) is 4.39 Å². The summed E-state index contributed by atoms with van der Waals surface area (Å²) in [6.45, 7) is 0. The van der Waals surface area contributed by atoms with Gasteiger partial charge in [-0.1, -0.05) is 27.5 Å². The maximum absolute atomic E-state index is 13.3. The van der Waals surface area contributed by atoms with Crippen molar-refractivity contribution >= 4 is 33.3 Å². The smallest absolute Gasteiger partial charge is 0.177 e. The molecular formula is C9H7BrClFO2. The number of hydrogen-bond acceptors (Lipinski definition) is 2. The van der Waals surface area contributed by atoms with E-state index in [0.717, 1.165) is 6.07 Å². The molecule has 1 rings (SSSR count). The standard InChI is InChI=1S/C9H7BrClFO2/c1-14-5-2-6(11)9(7(12)3-5)8(13)4-10/h2-3H,4H2,1H3. The summed E-state index contributed by atoms with van der Waals surface area (Å²) in [5.74, 6) is -0.771. The number of benzene rings is 1. The lowest BCUT2D eigenvalue weighted by atomic mass is 10.1. The molecule has 0 atom stereocenters. The molecule has 76 valence electrons. The highest BCUT2D eigenvalue weighted by Crippen LogP contribution is 2.26. The molecule has 0 bridgehead atoms. The van der Waals surface area contributed by atoms with Crippen molar-refractivity contribution in [1.29, 1.82) is 0 Å². The van der Waals surface area contributed by atoms with E-state index >= 15 is 0 Å². The third kappa shape index (κ3) is 2.25. The molecule has 0 N–H and O–H groups in total. The molecule has 5 heteroatoms. The maximum atomic E-state index is 13.3. The van der Waals surface area contributed by atoms with Gasteiger partial charge in [0, 0.05) is 6.07 Å². The lowest BCUT2D eigenvalue weighted by Gasteiger charge is -2.05. The summed E-state index contributed by atoms with van der Waals surface area (Å²) >= 11 is 8.67. The molecule has 0 amide bonds. The first-order valence-electron chi connectivity index (χ1n) is 3.72. The van der Waals surface area contributed by atoms with E-state index in [2.05, 4.69) is 15.9 Å². The average molecular weight is 282 g/mol. The quantitative estimate of drug-likeness (QED) is 0.629. The van der Waals surface area contributed by atoms with Crippen molar-refractivity contribution in [3.8, 4) is 5.75 Å². The van der Waals surface area contributed by atoms with Crippen LogP contribution in [-0.4, -0.2) is 18.2 Å². The van der Waals surface area contributed by atoms with E-state index < -0.39 is 11.6 Å². The molecule has 14 heavy (non-hydrogen) atoms. The predicted octanol–water partition coefficient (Wildman–Crippen LogP) is 3.07. The van der Waals surface area contributed by atoms with Crippen LogP contribution in [0.2, 0.25) is 5.02 Å². The first kappa shape index (κ1) is 11.5. The van der Waals surface area contributed by atoms with Crippen molar-refractivity contribution in [3.63, 3.8) is 0 Å². The van der Waals surface area contributed by atoms with Crippen LogP contribution in [0.1, 0.15) is 10.4 Å². The van der Waals surface area contributed by atoms with Crippen molar-refractivity contribution in [2.24, 2.45) is 0 Å². The number of halogens is 3. The van der Waals surface area contributed by atoms with Crippen molar-refractivity contribution in [2.75, 3.05) is 12.4 Å². The molecule has 2 nitrogen and oxygen atoms in total. The highest BCUT2D eigenvalue weighted by atomic mass is 79.9. The minimum Gasteiger partial charge on any atom is -0.497 e. The van der Waals surface area contributed by atoms with E-state index in [1.165, 1.54) is 13.2 Å². The summed E-state index contributed by atoms with van der Waals surface area (Å²) in [6.07, 6.45) is 0. The van der Waals surface area contributed by atoms with Gasteiger partial charge in [0.15, 0.2) is 5.78 Å². The molecule has 1 aromatic rings. The monoisotopic (exact) mass is 280 g/mol. The van der Waals surface area contributed by atoms with Gasteiger partial charge in [-0.15, -0.1) is 0 Å². The summed E-state index contributed by atoms with van der Waals surface area (Å²) in [5.41, 5.74) is -0.107. The van der Waals surface area contributed by atoms with Crippen LogP contribution in [0.25, 0.3) is 0 Å². The second-order valence-corrected chi connectivity index (χ2v) is 3.49. The lowest BCUT2D eigenvalue weighted by molar-refractivity contribution is 0.102. The second kappa shape index (κ2) is 4.75. The van der Waals surface area contributed by atoms with Crippen LogP contribution in [0.3, 0.4) is 0 Å². The van der Waals surface area contributed by atoms with Crippen LogP contribution >= 0.6 is 27.5 Å². The molecule has 0 aliphatic rings. The average Bonchev–Trinajstić information content (AvgIpc) is 2.16. The summed E-state index contributed by atoms with van der Waals surface area (Å²) < 4.78 is 18.1. The van der Waals surface area contributed by atoms with E-state index in [-0.39, 0.29) is 15.9 Å². The third-order valence-electron chi connectivity index (χ3n) is 1.65. The van der Waals surface area contributed by atoms with Crippen molar-refractivity contribution < 1.29 is 13.9 Å². The Kier molecular flexibility index (Phi) is 3.89. The fourth-order valence-electron chi connectivity index (χ4n) is 1.00. The number of carbonyl (C=O) groups excluding carboxylic acids is 1. The van der Waals surface area contributed by atoms with Gasteiger partial charge in [0.1, 0.15) is 11.6 Å². The molecule has 0 unspecified atom stereocenters. The zero-order valence-electron chi connectivity index (χ0n) is 7.31. The van der Waals surface area contributed by atoms with Gasteiger partial charge in [0.25, 0.3) is 0 Å². The number of carbonyl (C=O) groups is 1. The van der Waals surface area contributed by atoms with Gasteiger partial charge in [-0.2, -0.15) is 0 Å². The maximum Gasteiger partial charge on any atom is 0.177 e. The van der Waals surface area contributed by atoms with Crippen LogP contribution in [0.15, 0.2) is 12.1 Å². The van der Waals surface area contributed by atoms with Gasteiger partial charge in [0.2, 0.25) is 0 Å². The van der Waals surface area contributed by atoms with Crippen molar-refractivity contribution in [2.45, 2.75) is 0 Å². The number of ether oxygens (including phenoxy) is 1. The van der Waals surface area contributed by atoms with Crippen molar-refractivity contribution in [3.05, 3.63) is 28.5 Å². The summed E-state index contributed by atoms with van der Waals surface area (Å²) in [4.78, 5) is 11.2. The summed E-state index contributed by atoms with van der Waals surface area (Å²) in [5, 5.41) is 0.0991. The first-order valence-corrected chi connectivity index (χ1v) is 5.22. The number of ketones is 1. The van der Waals surface area contributed by atoms with Crippen LogP contribution in [0, 0.1) is 5.82 Å². The molecule has 0 heterocycles. The van der Waals surface area contributed by atoms with Gasteiger partial charge in [-0.05, 0) is 6.07 Å². The number of hydrogen-bond donors (Lipinski definition) is 0. The molecule has 0 aliphatic carbocycles. The zero-order chi connectivity index (χ0) is 10.7. The molecular weight excluding hydrogens is 274 g/mol. The summed E-state index contributed by atoms with van der Waals surface area (Å²) in [6, 6.07) is 2.53. The number of Topliss-reactive ketones (excluding diaryl/α,β-unsaturated/α-hetero) is 1. The van der Waals surface area contributed by atoms with E-state index in [1.54, 1.807) is 0 Å². The topological polar surface area (TPSA) is 26.3 Å². The summed E-state index contributed by atoms with van der Waals surface area (Å²) in [7, 11) is 1.40. The Bertz CT molecular complexity index is 345. The number of alkyl halides is 1. The van der Waals surface area contributed by atoms with E-state index in [1.807, 2.05) is 0 Å². The Hall–Kier alpha value is -0.610. The van der Waals surface area contributed by atoms with Crippen molar-refractivity contribution in [1.82, 2.24) is 0 Å². The molecule has 1 aromatic carbocycles. The first-order chi connectivity index (χ1) is 6.60. The van der Waals surface area contributed by atoms with Gasteiger partial charge in [-0.3, -0.25) is 4.79 Å². The Morgan fingerprint density at radius 1 is 1.64 bits per heavy atom. The lowest BCUT2D eigenvalue weighted by Crippen LogP contribution is -2.04. The molecule has 0 spiro atoms. The highest BCUT2D eigenvalue weighted by molar-refractivity contribution is 9.09. The van der Waals surface area contributed by atoms with Gasteiger partial charge < -0.3 is 4.74 Å². The van der Waals surface area contributed by atoms with Gasteiger partial charge >= 0.3 is 0 Å². The number of rotatable bonds is 3. The van der Waals surface area contributed by atoms with E-state index in [9.17, 15) is 9.18 Å². The van der Waals surface area contributed by atoms with Crippen LogP contribution in [0.4, 0.5) is 4.39 Å². The fourth-order valence-corrected chi connectivity index (χ4v) is 1.58. The van der Waals surface area contributed by atoms with Crippen LogP contribution in [0.5, 0.6) is 5.75 Å². The Labute approximate surface area is 94.1 Å². The number of methoxy groups -OCH3 is 1. The largest absolute Gasteiger partial charge is 0.497 e. The van der Waals surface area contributed by atoms with Crippen LogP contribution < -0.4 is 4.74 Å². The molecule has 0 aliphatic heterocycles. The van der Waals surface area contributed by atoms with E-state index in [4.69, 9.17) is 16.3 Å². The van der Waals surface area contributed by atoms with E-state index in [0.29, 0.717) is 5.75 Å². The second-order valence-electron chi connectivity index (χ2n) is 2.52. The molecule has 0 saturated carbocycles. The molecule has 0 saturated heterocycles. The minimum atomic E-state index is -0.668. The highest BCUT2D eigenvalue weighted by Gasteiger charge is 2.16. The zero-order valence-corrected chi connectivity index (χ0v) is 9.65. The molecule has 0 fully saturated rings. The Balaban J connectivity index is 3.25. The SMILES string of the molecule is COc1cc(F)c(C(=O)CBr)c(Cl)c1. The van der Waals surface area contributed by atoms with Gasteiger partial charge in [0.05, 0.1) is 23.0 Å².